The van der Waals surface area contributed by atoms with E-state index < -0.39 is 0 Å². The third-order valence-corrected chi connectivity index (χ3v) is 4.36. The monoisotopic (exact) mass is 310 g/mol. The molecule has 0 saturated carbocycles. The summed E-state index contributed by atoms with van der Waals surface area (Å²) in [4.78, 5) is 16.8. The number of benzene rings is 1. The summed E-state index contributed by atoms with van der Waals surface area (Å²) >= 11 is 0. The second-order valence-corrected chi connectivity index (χ2v) is 6.19. The Bertz CT molecular complexity index is 878. The van der Waals surface area contributed by atoms with Gasteiger partial charge in [-0.25, -0.2) is 0 Å². The number of carbonyl (C=O) groups is 1. The van der Waals surface area contributed by atoms with Crippen molar-refractivity contribution in [3.05, 3.63) is 53.2 Å². The minimum atomic E-state index is -0.206. The molecule has 0 saturated heterocycles. The standard InChI is InChI=1S/C17H18N4O2/c1-10(2)14-15(23-17-18-9-19-21(14)17)16(22)20-13-8-7-11-5-3-4-6-12(11)13/h3-6,9-10,13H,7-8H2,1-2H3,(H,20,22). The maximum atomic E-state index is 12.7. The normalized spacial score (nSPS) is 16.9. The summed E-state index contributed by atoms with van der Waals surface area (Å²) in [5.74, 6) is 0.558. The molecule has 1 atom stereocenters. The van der Waals surface area contributed by atoms with Gasteiger partial charge in [0, 0.05) is 0 Å². The van der Waals surface area contributed by atoms with Gasteiger partial charge in [-0.1, -0.05) is 38.1 Å². The summed E-state index contributed by atoms with van der Waals surface area (Å²) < 4.78 is 7.24. The van der Waals surface area contributed by atoms with Crippen LogP contribution in [0.2, 0.25) is 0 Å². The number of carbonyl (C=O) groups excluding carboxylic acids is 1. The fourth-order valence-corrected chi connectivity index (χ4v) is 3.31. The zero-order valence-corrected chi connectivity index (χ0v) is 13.1. The Morgan fingerprint density at radius 1 is 1.39 bits per heavy atom. The third kappa shape index (κ3) is 2.21. The fraction of sp³-hybridized carbons (Fsp3) is 0.353. The number of oxazole rings is 1. The van der Waals surface area contributed by atoms with Crippen molar-refractivity contribution < 1.29 is 9.21 Å². The maximum absolute atomic E-state index is 12.7. The van der Waals surface area contributed by atoms with E-state index in [-0.39, 0.29) is 17.9 Å². The van der Waals surface area contributed by atoms with Gasteiger partial charge in [0.25, 0.3) is 5.91 Å². The van der Waals surface area contributed by atoms with E-state index in [4.69, 9.17) is 4.42 Å². The highest BCUT2D eigenvalue weighted by Gasteiger charge is 2.29. The van der Waals surface area contributed by atoms with E-state index in [9.17, 15) is 4.79 Å². The van der Waals surface area contributed by atoms with Gasteiger partial charge in [0.2, 0.25) is 5.76 Å². The van der Waals surface area contributed by atoms with Crippen molar-refractivity contribution in [2.75, 3.05) is 0 Å². The second kappa shape index (κ2) is 5.22. The molecule has 0 fully saturated rings. The second-order valence-electron chi connectivity index (χ2n) is 6.19. The third-order valence-electron chi connectivity index (χ3n) is 4.36. The average molecular weight is 310 g/mol. The molecule has 2 heterocycles. The predicted molar refractivity (Wildman–Crippen MR) is 84.3 cm³/mol. The summed E-state index contributed by atoms with van der Waals surface area (Å²) in [6.45, 7) is 4.02. The number of hydrogen-bond donors (Lipinski definition) is 1. The van der Waals surface area contributed by atoms with Crippen molar-refractivity contribution >= 4 is 11.8 Å². The molecule has 4 rings (SSSR count). The first kappa shape index (κ1) is 14.0. The number of fused-ring (bicyclic) bond motifs is 2. The van der Waals surface area contributed by atoms with E-state index >= 15 is 0 Å². The van der Waals surface area contributed by atoms with Gasteiger partial charge in [0.1, 0.15) is 6.33 Å². The highest BCUT2D eigenvalue weighted by atomic mass is 16.4. The van der Waals surface area contributed by atoms with Gasteiger partial charge in [0.05, 0.1) is 11.7 Å². The summed E-state index contributed by atoms with van der Waals surface area (Å²) in [6.07, 6.45) is 3.33. The van der Waals surface area contributed by atoms with E-state index in [1.807, 2.05) is 26.0 Å². The minimum Gasteiger partial charge on any atom is -0.416 e. The van der Waals surface area contributed by atoms with Crippen LogP contribution in [0.1, 0.15) is 59.6 Å². The van der Waals surface area contributed by atoms with Gasteiger partial charge in [-0.05, 0) is 29.9 Å². The Morgan fingerprint density at radius 3 is 3.04 bits per heavy atom. The van der Waals surface area contributed by atoms with Crippen LogP contribution >= 0.6 is 0 Å². The molecule has 6 nitrogen and oxygen atoms in total. The lowest BCUT2D eigenvalue weighted by molar-refractivity contribution is 0.0908. The Labute approximate surface area is 133 Å². The SMILES string of the molecule is CC(C)c1c(C(=O)NC2CCc3ccccc32)oc2ncnn12. The number of aryl methyl sites for hydroxylation is 1. The van der Waals surface area contributed by atoms with Crippen molar-refractivity contribution in [1.29, 1.82) is 0 Å². The fourth-order valence-electron chi connectivity index (χ4n) is 3.31. The molecule has 2 aromatic heterocycles. The molecule has 1 aromatic carbocycles. The molecular weight excluding hydrogens is 292 g/mol. The summed E-state index contributed by atoms with van der Waals surface area (Å²) in [5, 5.41) is 7.24. The molecule has 0 bridgehead atoms. The van der Waals surface area contributed by atoms with Gasteiger partial charge in [-0.2, -0.15) is 14.6 Å². The summed E-state index contributed by atoms with van der Waals surface area (Å²) in [6, 6.07) is 8.27. The molecule has 1 N–H and O–H groups in total. The molecule has 3 aromatic rings. The van der Waals surface area contributed by atoms with Gasteiger partial charge >= 0.3 is 5.84 Å². The average Bonchev–Trinajstić information content (AvgIpc) is 3.20. The van der Waals surface area contributed by atoms with Crippen LogP contribution in [0.25, 0.3) is 5.84 Å². The number of amides is 1. The molecule has 6 heteroatoms. The van der Waals surface area contributed by atoms with Crippen LogP contribution in [0.4, 0.5) is 0 Å². The lowest BCUT2D eigenvalue weighted by Gasteiger charge is -2.14. The molecule has 118 valence electrons. The zero-order valence-electron chi connectivity index (χ0n) is 13.1. The van der Waals surface area contributed by atoms with Crippen LogP contribution in [-0.2, 0) is 6.42 Å². The largest absolute Gasteiger partial charge is 0.416 e. The van der Waals surface area contributed by atoms with E-state index in [1.54, 1.807) is 4.52 Å². The molecule has 1 aliphatic carbocycles. The first-order valence-corrected chi connectivity index (χ1v) is 7.86. The van der Waals surface area contributed by atoms with Crippen LogP contribution in [0.15, 0.2) is 35.0 Å². The topological polar surface area (TPSA) is 72.4 Å². The van der Waals surface area contributed by atoms with Crippen LogP contribution in [0.5, 0.6) is 0 Å². The highest BCUT2D eigenvalue weighted by Crippen LogP contribution is 2.31. The van der Waals surface area contributed by atoms with Crippen molar-refractivity contribution in [2.24, 2.45) is 0 Å². The van der Waals surface area contributed by atoms with E-state index in [1.165, 1.54) is 17.5 Å². The van der Waals surface area contributed by atoms with Gasteiger partial charge in [-0.3, -0.25) is 4.79 Å². The minimum absolute atomic E-state index is 0.0316. The molecule has 0 radical (unpaired) electrons. The van der Waals surface area contributed by atoms with E-state index in [0.717, 1.165) is 18.5 Å². The smallest absolute Gasteiger partial charge is 0.325 e. The molecule has 0 spiro atoms. The highest BCUT2D eigenvalue weighted by molar-refractivity contribution is 5.93. The lowest BCUT2D eigenvalue weighted by Crippen LogP contribution is -2.28. The van der Waals surface area contributed by atoms with Crippen molar-refractivity contribution in [2.45, 2.75) is 38.6 Å². The van der Waals surface area contributed by atoms with E-state index in [2.05, 4.69) is 27.5 Å². The Morgan fingerprint density at radius 2 is 2.22 bits per heavy atom. The summed E-state index contributed by atoms with van der Waals surface area (Å²) in [5.41, 5.74) is 3.25. The molecule has 1 amide bonds. The number of nitrogens with zero attached hydrogens (tertiary/aromatic N) is 3. The Balaban J connectivity index is 1.66. The predicted octanol–water partition coefficient (Wildman–Crippen LogP) is 2.86. The maximum Gasteiger partial charge on any atom is 0.325 e. The number of nitrogens with one attached hydrogen (secondary N) is 1. The first-order chi connectivity index (χ1) is 11.1. The number of aromatic nitrogens is 3. The van der Waals surface area contributed by atoms with Gasteiger partial charge in [-0.15, -0.1) is 0 Å². The van der Waals surface area contributed by atoms with Gasteiger partial charge < -0.3 is 9.73 Å². The van der Waals surface area contributed by atoms with Crippen LogP contribution in [-0.4, -0.2) is 20.5 Å². The quantitative estimate of drug-likeness (QED) is 0.807. The summed E-state index contributed by atoms with van der Waals surface area (Å²) in [7, 11) is 0. The molecular formula is C17H18N4O2. The zero-order chi connectivity index (χ0) is 16.0. The van der Waals surface area contributed by atoms with Crippen LogP contribution < -0.4 is 5.32 Å². The Hall–Kier alpha value is -2.63. The van der Waals surface area contributed by atoms with E-state index in [0.29, 0.717) is 11.6 Å². The molecule has 1 unspecified atom stereocenters. The van der Waals surface area contributed by atoms with Crippen molar-refractivity contribution in [3.8, 4) is 0 Å². The number of hydrogen-bond acceptors (Lipinski definition) is 4. The Kier molecular flexibility index (Phi) is 3.18. The first-order valence-electron chi connectivity index (χ1n) is 7.86. The molecule has 0 aliphatic heterocycles. The van der Waals surface area contributed by atoms with Crippen LogP contribution in [0.3, 0.4) is 0 Å². The van der Waals surface area contributed by atoms with Gasteiger partial charge in [0.15, 0.2) is 0 Å². The lowest BCUT2D eigenvalue weighted by atomic mass is 10.1. The number of rotatable bonds is 3. The molecule has 23 heavy (non-hydrogen) atoms. The van der Waals surface area contributed by atoms with Crippen molar-refractivity contribution in [1.82, 2.24) is 19.9 Å². The molecule has 1 aliphatic rings. The van der Waals surface area contributed by atoms with Crippen LogP contribution in [0, 0.1) is 0 Å². The van der Waals surface area contributed by atoms with Crippen molar-refractivity contribution in [3.63, 3.8) is 0 Å².